The highest BCUT2D eigenvalue weighted by Crippen LogP contribution is 2.17. The summed E-state index contributed by atoms with van der Waals surface area (Å²) in [6.07, 6.45) is 3.04. The van der Waals surface area contributed by atoms with Gasteiger partial charge in [-0.15, -0.1) is 0 Å². The fraction of sp³-hybridized carbons (Fsp3) is 0.231. The molecule has 20 heavy (non-hydrogen) atoms. The second-order valence-corrected chi connectivity index (χ2v) is 5.96. The molecule has 1 N–H and O–H groups in total. The van der Waals surface area contributed by atoms with Crippen LogP contribution in [-0.2, 0) is 16.6 Å². The summed E-state index contributed by atoms with van der Waals surface area (Å²) < 4.78 is 28.5. The predicted molar refractivity (Wildman–Crippen MR) is 75.2 cm³/mol. The van der Waals surface area contributed by atoms with E-state index in [0.29, 0.717) is 17.8 Å². The Labute approximate surface area is 117 Å². The molecule has 1 heterocycles. The lowest BCUT2D eigenvalue weighted by molar-refractivity contribution is 0.101. The molecule has 0 unspecified atom stereocenters. The van der Waals surface area contributed by atoms with Crippen molar-refractivity contribution in [2.24, 2.45) is 0 Å². The number of rotatable bonds is 5. The Bertz CT molecular complexity index is 735. The molecule has 0 saturated carbocycles. The largest absolute Gasteiger partial charge is 0.295 e. The van der Waals surface area contributed by atoms with Crippen molar-refractivity contribution < 1.29 is 13.2 Å². The fourth-order valence-electron chi connectivity index (χ4n) is 1.69. The van der Waals surface area contributed by atoms with Gasteiger partial charge in [0.15, 0.2) is 5.78 Å². The topological polar surface area (TPSA) is 81.1 Å². The summed E-state index contributed by atoms with van der Waals surface area (Å²) in [6, 6.07) is 5.92. The maximum atomic E-state index is 12.2. The van der Waals surface area contributed by atoms with Crippen LogP contribution >= 0.6 is 0 Å². The van der Waals surface area contributed by atoms with Gasteiger partial charge in [0.2, 0.25) is 0 Å². The normalized spacial score (nSPS) is 11.3. The maximum Gasteiger partial charge on any atom is 0.262 e. The zero-order valence-electron chi connectivity index (χ0n) is 11.2. The van der Waals surface area contributed by atoms with E-state index in [1.54, 1.807) is 23.0 Å². The molecular formula is C13H15N3O3S. The number of ketones is 1. The van der Waals surface area contributed by atoms with E-state index in [2.05, 4.69) is 9.82 Å². The van der Waals surface area contributed by atoms with Gasteiger partial charge in [0.05, 0.1) is 16.8 Å². The average Bonchev–Trinajstić information content (AvgIpc) is 2.86. The van der Waals surface area contributed by atoms with Crippen molar-refractivity contribution in [1.82, 2.24) is 9.78 Å². The summed E-state index contributed by atoms with van der Waals surface area (Å²) >= 11 is 0. The minimum absolute atomic E-state index is 0.0504. The molecule has 0 amide bonds. The number of aromatic nitrogens is 2. The lowest BCUT2D eigenvalue weighted by Gasteiger charge is -2.06. The molecule has 0 spiro atoms. The van der Waals surface area contributed by atoms with Gasteiger partial charge in [-0.1, -0.05) is 12.1 Å². The van der Waals surface area contributed by atoms with Crippen molar-refractivity contribution in [2.75, 3.05) is 4.72 Å². The van der Waals surface area contributed by atoms with Gasteiger partial charge < -0.3 is 0 Å². The molecule has 0 fully saturated rings. The maximum absolute atomic E-state index is 12.2. The van der Waals surface area contributed by atoms with Crippen molar-refractivity contribution in [3.8, 4) is 0 Å². The average molecular weight is 293 g/mol. The van der Waals surface area contributed by atoms with Crippen LogP contribution in [0.15, 0.2) is 41.6 Å². The van der Waals surface area contributed by atoms with Crippen LogP contribution < -0.4 is 4.72 Å². The molecule has 7 heteroatoms. The van der Waals surface area contributed by atoms with Crippen LogP contribution in [0.25, 0.3) is 0 Å². The summed E-state index contributed by atoms with van der Waals surface area (Å²) in [6.45, 7) is 3.95. The highest BCUT2D eigenvalue weighted by molar-refractivity contribution is 7.92. The second kappa shape index (κ2) is 5.46. The van der Waals surface area contributed by atoms with Crippen molar-refractivity contribution in [3.63, 3.8) is 0 Å². The van der Waals surface area contributed by atoms with Gasteiger partial charge in [0, 0.05) is 18.3 Å². The number of hydrogen-bond donors (Lipinski definition) is 1. The summed E-state index contributed by atoms with van der Waals surface area (Å²) in [5.74, 6) is -0.180. The van der Waals surface area contributed by atoms with Gasteiger partial charge >= 0.3 is 0 Å². The van der Waals surface area contributed by atoms with E-state index >= 15 is 0 Å². The molecule has 106 valence electrons. The Kier molecular flexibility index (Phi) is 3.89. The molecule has 1 aromatic carbocycles. The SMILES string of the molecule is CCn1cc(NS(=O)(=O)c2cccc(C(C)=O)c2)cn1. The van der Waals surface area contributed by atoms with Crippen LogP contribution in [-0.4, -0.2) is 24.0 Å². The highest BCUT2D eigenvalue weighted by Gasteiger charge is 2.16. The van der Waals surface area contributed by atoms with E-state index in [9.17, 15) is 13.2 Å². The number of nitrogens with zero attached hydrogens (tertiary/aromatic N) is 2. The fourth-order valence-corrected chi connectivity index (χ4v) is 2.76. The van der Waals surface area contributed by atoms with E-state index in [0.717, 1.165) is 0 Å². The number of Topliss-reactive ketones (excluding diaryl/α,β-unsaturated/α-hetero) is 1. The quantitative estimate of drug-likeness (QED) is 0.854. The minimum Gasteiger partial charge on any atom is -0.295 e. The van der Waals surface area contributed by atoms with Crippen molar-refractivity contribution in [2.45, 2.75) is 25.3 Å². The smallest absolute Gasteiger partial charge is 0.262 e. The molecule has 0 radical (unpaired) electrons. The van der Waals surface area contributed by atoms with Crippen LogP contribution in [0.1, 0.15) is 24.2 Å². The minimum atomic E-state index is -3.72. The number of nitrogens with one attached hydrogen (secondary N) is 1. The third kappa shape index (κ3) is 3.05. The third-order valence-corrected chi connectivity index (χ3v) is 4.14. The molecular weight excluding hydrogens is 278 g/mol. The molecule has 0 aliphatic heterocycles. The van der Waals surface area contributed by atoms with Crippen molar-refractivity contribution in [1.29, 1.82) is 0 Å². The molecule has 0 aliphatic rings. The van der Waals surface area contributed by atoms with Gasteiger partial charge in [-0.25, -0.2) is 8.42 Å². The molecule has 2 rings (SSSR count). The summed E-state index contributed by atoms with van der Waals surface area (Å²) in [4.78, 5) is 11.3. The first kappa shape index (κ1) is 14.3. The Morgan fingerprint density at radius 1 is 1.40 bits per heavy atom. The monoisotopic (exact) mass is 293 g/mol. The van der Waals surface area contributed by atoms with E-state index in [1.165, 1.54) is 25.3 Å². The van der Waals surface area contributed by atoms with Gasteiger partial charge in [-0.2, -0.15) is 5.10 Å². The summed E-state index contributed by atoms with van der Waals surface area (Å²) in [7, 11) is -3.72. The Hall–Kier alpha value is -2.15. The van der Waals surface area contributed by atoms with Gasteiger partial charge in [0.25, 0.3) is 10.0 Å². The molecule has 0 saturated heterocycles. The molecule has 0 bridgehead atoms. The van der Waals surface area contributed by atoms with Crippen LogP contribution in [0.5, 0.6) is 0 Å². The zero-order chi connectivity index (χ0) is 14.8. The first-order valence-corrected chi connectivity index (χ1v) is 7.57. The van der Waals surface area contributed by atoms with Crippen LogP contribution in [0.2, 0.25) is 0 Å². The third-order valence-electron chi connectivity index (χ3n) is 2.76. The summed E-state index contributed by atoms with van der Waals surface area (Å²) in [5, 5.41) is 3.99. The van der Waals surface area contributed by atoms with Crippen molar-refractivity contribution >= 4 is 21.5 Å². The number of hydrogen-bond acceptors (Lipinski definition) is 4. The standard InChI is InChI=1S/C13H15N3O3S/c1-3-16-9-12(8-14-16)15-20(18,19)13-6-4-5-11(7-13)10(2)17/h4-9,15H,3H2,1-2H3. The molecule has 1 aromatic heterocycles. The van der Waals surface area contributed by atoms with Crippen molar-refractivity contribution in [3.05, 3.63) is 42.2 Å². The van der Waals surface area contributed by atoms with Gasteiger partial charge in [-0.05, 0) is 26.0 Å². The van der Waals surface area contributed by atoms with Gasteiger partial charge in [-0.3, -0.25) is 14.2 Å². The van der Waals surface area contributed by atoms with E-state index in [4.69, 9.17) is 0 Å². The molecule has 0 atom stereocenters. The highest BCUT2D eigenvalue weighted by atomic mass is 32.2. The Morgan fingerprint density at radius 2 is 2.15 bits per heavy atom. The van der Waals surface area contributed by atoms with Crippen LogP contribution in [0.4, 0.5) is 5.69 Å². The number of anilines is 1. The molecule has 2 aromatic rings. The first-order chi connectivity index (χ1) is 9.42. The number of carbonyl (C=O) groups excluding carboxylic acids is 1. The summed E-state index contributed by atoms with van der Waals surface area (Å²) in [5.41, 5.74) is 0.747. The predicted octanol–water partition coefficient (Wildman–Crippen LogP) is 1.91. The molecule has 6 nitrogen and oxygen atoms in total. The Balaban J connectivity index is 2.30. The lowest BCUT2D eigenvalue weighted by atomic mass is 10.2. The molecule has 0 aliphatic carbocycles. The number of benzene rings is 1. The number of sulfonamides is 1. The Morgan fingerprint density at radius 3 is 2.75 bits per heavy atom. The van der Waals surface area contributed by atoms with Gasteiger partial charge in [0.1, 0.15) is 0 Å². The van der Waals surface area contributed by atoms with E-state index in [1.807, 2.05) is 6.92 Å². The van der Waals surface area contributed by atoms with E-state index < -0.39 is 10.0 Å². The lowest BCUT2D eigenvalue weighted by Crippen LogP contribution is -2.13. The number of aryl methyl sites for hydroxylation is 1. The first-order valence-electron chi connectivity index (χ1n) is 6.08. The number of carbonyl (C=O) groups is 1. The second-order valence-electron chi connectivity index (χ2n) is 4.27. The van der Waals surface area contributed by atoms with E-state index in [-0.39, 0.29) is 10.7 Å². The zero-order valence-corrected chi connectivity index (χ0v) is 12.0. The van der Waals surface area contributed by atoms with Crippen LogP contribution in [0, 0.1) is 0 Å². The van der Waals surface area contributed by atoms with Crippen LogP contribution in [0.3, 0.4) is 0 Å².